The third kappa shape index (κ3) is 2.27. The number of carboxylic acids is 1. The molecule has 0 spiro atoms. The van der Waals surface area contributed by atoms with Gasteiger partial charge in [-0.3, -0.25) is 4.79 Å². The molecule has 0 aliphatic carbocycles. The number of aliphatic carboxylic acids is 1. The first-order chi connectivity index (χ1) is 8.63. The molecular weight excluding hydrogens is 236 g/mol. The molecule has 1 N–H and O–H groups in total. The lowest BCUT2D eigenvalue weighted by Gasteiger charge is -2.21. The van der Waals surface area contributed by atoms with Crippen molar-refractivity contribution < 1.29 is 19.4 Å². The molecule has 0 aromatic carbocycles. The van der Waals surface area contributed by atoms with Crippen LogP contribution in [0.1, 0.15) is 23.2 Å². The van der Waals surface area contributed by atoms with Crippen molar-refractivity contribution in [3.63, 3.8) is 0 Å². The van der Waals surface area contributed by atoms with Crippen LogP contribution in [0.3, 0.4) is 0 Å². The lowest BCUT2D eigenvalue weighted by Crippen LogP contribution is -2.40. The molecule has 1 saturated heterocycles. The lowest BCUT2D eigenvalue weighted by molar-refractivity contribution is -0.141. The van der Waals surface area contributed by atoms with Crippen LogP contribution in [-0.4, -0.2) is 46.6 Å². The maximum absolute atomic E-state index is 12.1. The van der Waals surface area contributed by atoms with Gasteiger partial charge >= 0.3 is 5.97 Å². The summed E-state index contributed by atoms with van der Waals surface area (Å²) in [5.74, 6) is -0.833. The van der Waals surface area contributed by atoms with E-state index < -0.39 is 12.0 Å². The van der Waals surface area contributed by atoms with E-state index in [0.29, 0.717) is 30.8 Å². The highest BCUT2D eigenvalue weighted by Crippen LogP contribution is 2.20. The van der Waals surface area contributed by atoms with Gasteiger partial charge in [-0.05, 0) is 18.9 Å². The highest BCUT2D eigenvalue weighted by atomic mass is 16.5. The van der Waals surface area contributed by atoms with E-state index in [2.05, 4.69) is 4.98 Å². The monoisotopic (exact) mass is 250 g/mol. The molecule has 0 radical (unpaired) electrons. The van der Waals surface area contributed by atoms with Crippen molar-refractivity contribution in [2.45, 2.75) is 18.9 Å². The summed E-state index contributed by atoms with van der Waals surface area (Å²) in [4.78, 5) is 28.5. The minimum Gasteiger partial charge on any atom is -0.481 e. The summed E-state index contributed by atoms with van der Waals surface area (Å²) in [5.41, 5.74) is 0.379. The smallest absolute Gasteiger partial charge is 0.326 e. The number of aromatic nitrogens is 1. The number of hydrogen-bond donors (Lipinski definition) is 1. The standard InChI is InChI=1S/C12H14N2O4/c1-18-10-5-4-8(7-13-10)11(15)14-6-2-3-9(14)12(16)17/h4-5,7,9H,2-3,6H2,1H3,(H,16,17)/t9-/m1/s1. The third-order valence-electron chi connectivity index (χ3n) is 2.99. The SMILES string of the molecule is COc1ccc(C(=O)N2CCC[C@@H]2C(=O)O)cn1. The van der Waals surface area contributed by atoms with Crippen LogP contribution in [0.15, 0.2) is 18.3 Å². The Hall–Kier alpha value is -2.11. The summed E-state index contributed by atoms with van der Waals surface area (Å²) < 4.78 is 4.90. The van der Waals surface area contributed by atoms with E-state index in [1.54, 1.807) is 12.1 Å². The second kappa shape index (κ2) is 5.03. The summed E-state index contributed by atoms with van der Waals surface area (Å²) in [6.07, 6.45) is 2.62. The van der Waals surface area contributed by atoms with Gasteiger partial charge in [0.2, 0.25) is 5.88 Å². The fourth-order valence-electron chi connectivity index (χ4n) is 2.06. The number of rotatable bonds is 3. The second-order valence-electron chi connectivity index (χ2n) is 4.08. The molecule has 1 atom stereocenters. The first kappa shape index (κ1) is 12.3. The van der Waals surface area contributed by atoms with Crippen LogP contribution in [-0.2, 0) is 4.79 Å². The molecule has 0 unspecified atom stereocenters. The van der Waals surface area contributed by atoms with E-state index in [9.17, 15) is 9.59 Å². The van der Waals surface area contributed by atoms with E-state index in [0.717, 1.165) is 0 Å². The van der Waals surface area contributed by atoms with Crippen molar-refractivity contribution in [1.82, 2.24) is 9.88 Å². The van der Waals surface area contributed by atoms with Crippen molar-refractivity contribution >= 4 is 11.9 Å². The van der Waals surface area contributed by atoms with Crippen molar-refractivity contribution in [2.75, 3.05) is 13.7 Å². The number of carbonyl (C=O) groups excluding carboxylic acids is 1. The molecule has 1 aromatic heterocycles. The summed E-state index contributed by atoms with van der Waals surface area (Å²) in [7, 11) is 1.49. The predicted molar refractivity (Wildman–Crippen MR) is 62.5 cm³/mol. The van der Waals surface area contributed by atoms with Crippen LogP contribution < -0.4 is 4.74 Å². The Labute approximate surface area is 104 Å². The number of carbonyl (C=O) groups is 2. The molecule has 1 aliphatic rings. The van der Waals surface area contributed by atoms with Crippen LogP contribution in [0.25, 0.3) is 0 Å². The number of nitrogens with zero attached hydrogens (tertiary/aromatic N) is 2. The molecule has 0 saturated carbocycles. The molecule has 2 heterocycles. The Bertz CT molecular complexity index is 458. The summed E-state index contributed by atoms with van der Waals surface area (Å²) in [6.45, 7) is 0.474. The Kier molecular flexibility index (Phi) is 3.45. The van der Waals surface area contributed by atoms with Gasteiger partial charge in [-0.2, -0.15) is 0 Å². The third-order valence-corrected chi connectivity index (χ3v) is 2.99. The van der Waals surface area contributed by atoms with Crippen molar-refractivity contribution in [2.24, 2.45) is 0 Å². The molecule has 1 amide bonds. The number of carboxylic acid groups (broad SMARTS) is 1. The van der Waals surface area contributed by atoms with E-state index in [4.69, 9.17) is 9.84 Å². The fourth-order valence-corrected chi connectivity index (χ4v) is 2.06. The highest BCUT2D eigenvalue weighted by molar-refractivity contribution is 5.96. The zero-order valence-electron chi connectivity index (χ0n) is 10.00. The largest absolute Gasteiger partial charge is 0.481 e. The van der Waals surface area contributed by atoms with Gasteiger partial charge in [-0.15, -0.1) is 0 Å². The number of hydrogen-bond acceptors (Lipinski definition) is 4. The van der Waals surface area contributed by atoms with Crippen LogP contribution in [0.5, 0.6) is 5.88 Å². The van der Waals surface area contributed by atoms with Gasteiger partial charge in [0.1, 0.15) is 6.04 Å². The molecule has 96 valence electrons. The van der Waals surface area contributed by atoms with Gasteiger partial charge in [0.05, 0.1) is 12.7 Å². The number of pyridine rings is 1. The lowest BCUT2D eigenvalue weighted by atomic mass is 10.2. The van der Waals surface area contributed by atoms with Gasteiger partial charge in [0, 0.05) is 18.8 Å². The average Bonchev–Trinajstić information content (AvgIpc) is 2.87. The van der Waals surface area contributed by atoms with E-state index >= 15 is 0 Å². The van der Waals surface area contributed by atoms with Crippen molar-refractivity contribution in [1.29, 1.82) is 0 Å². The summed E-state index contributed by atoms with van der Waals surface area (Å²) in [5, 5.41) is 9.03. The summed E-state index contributed by atoms with van der Waals surface area (Å²) >= 11 is 0. The summed E-state index contributed by atoms with van der Waals surface area (Å²) in [6, 6.07) is 2.45. The van der Waals surface area contributed by atoms with E-state index in [1.807, 2.05) is 0 Å². The van der Waals surface area contributed by atoms with Gasteiger partial charge in [-0.1, -0.05) is 0 Å². The molecule has 18 heavy (non-hydrogen) atoms. The van der Waals surface area contributed by atoms with Crippen molar-refractivity contribution in [3.8, 4) is 5.88 Å². The van der Waals surface area contributed by atoms with Crippen LogP contribution in [0.4, 0.5) is 0 Å². The molecule has 6 nitrogen and oxygen atoms in total. The van der Waals surface area contributed by atoms with E-state index in [1.165, 1.54) is 18.2 Å². The van der Waals surface area contributed by atoms with E-state index in [-0.39, 0.29) is 5.91 Å². The normalized spacial score (nSPS) is 18.7. The minimum absolute atomic E-state index is 0.296. The van der Waals surface area contributed by atoms with Crippen LogP contribution in [0.2, 0.25) is 0 Å². The first-order valence-corrected chi connectivity index (χ1v) is 5.67. The molecule has 1 fully saturated rings. The predicted octanol–water partition coefficient (Wildman–Crippen LogP) is 0.779. The molecule has 1 aliphatic heterocycles. The molecular formula is C12H14N2O4. The Morgan fingerprint density at radius 1 is 1.50 bits per heavy atom. The maximum atomic E-state index is 12.1. The van der Waals surface area contributed by atoms with Gasteiger partial charge in [-0.25, -0.2) is 9.78 Å². The zero-order chi connectivity index (χ0) is 13.1. The minimum atomic E-state index is -0.956. The number of methoxy groups -OCH3 is 1. The average molecular weight is 250 g/mol. The highest BCUT2D eigenvalue weighted by Gasteiger charge is 2.34. The molecule has 1 aromatic rings. The molecule has 2 rings (SSSR count). The number of amides is 1. The van der Waals surface area contributed by atoms with Crippen molar-refractivity contribution in [3.05, 3.63) is 23.9 Å². The van der Waals surface area contributed by atoms with Gasteiger partial charge in [0.25, 0.3) is 5.91 Å². The van der Waals surface area contributed by atoms with Gasteiger partial charge in [0.15, 0.2) is 0 Å². The molecule has 0 bridgehead atoms. The number of likely N-dealkylation sites (tertiary alicyclic amines) is 1. The Morgan fingerprint density at radius 3 is 2.83 bits per heavy atom. The second-order valence-corrected chi connectivity index (χ2v) is 4.08. The molecule has 6 heteroatoms. The van der Waals surface area contributed by atoms with Gasteiger partial charge < -0.3 is 14.7 Å². The van der Waals surface area contributed by atoms with Crippen LogP contribution >= 0.6 is 0 Å². The topological polar surface area (TPSA) is 79.7 Å². The first-order valence-electron chi connectivity index (χ1n) is 5.67. The quantitative estimate of drug-likeness (QED) is 0.857. The fraction of sp³-hybridized carbons (Fsp3) is 0.417. The Morgan fingerprint density at radius 2 is 2.28 bits per heavy atom. The maximum Gasteiger partial charge on any atom is 0.326 e. The Balaban J connectivity index is 2.17. The van der Waals surface area contributed by atoms with Crippen LogP contribution in [0, 0.1) is 0 Å². The zero-order valence-corrected chi connectivity index (χ0v) is 10.00. The number of ether oxygens (including phenoxy) is 1.